The molecule has 0 spiro atoms. The third kappa shape index (κ3) is 3.91. The van der Waals surface area contributed by atoms with Crippen molar-refractivity contribution in [2.24, 2.45) is 0 Å². The minimum atomic E-state index is -1.10. The zero-order valence-corrected chi connectivity index (χ0v) is 18.0. The number of aromatic nitrogens is 1. The lowest BCUT2D eigenvalue weighted by atomic mass is 9.94. The van der Waals surface area contributed by atoms with Crippen molar-refractivity contribution >= 4 is 28.4 Å². The maximum atomic E-state index is 13.8. The van der Waals surface area contributed by atoms with Crippen LogP contribution in [0.1, 0.15) is 53.7 Å². The molecule has 2 N–H and O–H groups in total. The van der Waals surface area contributed by atoms with Crippen LogP contribution < -0.4 is 5.48 Å². The minimum Gasteiger partial charge on any atom is -0.366 e. The third-order valence-electron chi connectivity index (χ3n) is 6.33. The van der Waals surface area contributed by atoms with Crippen LogP contribution in [0, 0.1) is 11.6 Å². The fourth-order valence-electron chi connectivity index (χ4n) is 4.36. The topological polar surface area (TPSA) is 74.4 Å². The molecule has 0 radical (unpaired) electrons. The summed E-state index contributed by atoms with van der Waals surface area (Å²) in [6.07, 6.45) is 4.38. The second-order valence-corrected chi connectivity index (χ2v) is 8.62. The Balaban J connectivity index is 1.56. The Labute approximate surface area is 189 Å². The Hall–Kier alpha value is -3.52. The molecule has 1 amide bonds. The number of halogens is 2. The quantitative estimate of drug-likeness (QED) is 0.567. The normalized spacial score (nSPS) is 18.3. The molecule has 1 atom stereocenters. The van der Waals surface area contributed by atoms with Crippen molar-refractivity contribution in [3.05, 3.63) is 77.1 Å². The fourth-order valence-corrected chi connectivity index (χ4v) is 4.36. The van der Waals surface area contributed by atoms with Crippen molar-refractivity contribution in [1.29, 1.82) is 0 Å². The summed E-state index contributed by atoms with van der Waals surface area (Å²) in [6, 6.07) is 10.9. The number of hydrogen-bond donors (Lipinski definition) is 2. The van der Waals surface area contributed by atoms with Gasteiger partial charge in [0.25, 0.3) is 5.91 Å². The first-order valence-electron chi connectivity index (χ1n) is 11.0. The number of nitrogens with one attached hydrogen (secondary N) is 2. The maximum absolute atomic E-state index is 13.8. The van der Waals surface area contributed by atoms with Crippen LogP contribution >= 0.6 is 0 Å². The lowest BCUT2D eigenvalue weighted by Crippen LogP contribution is -2.37. The van der Waals surface area contributed by atoms with Gasteiger partial charge in [0.2, 0.25) is 0 Å². The Bertz CT molecular complexity index is 1280. The van der Waals surface area contributed by atoms with E-state index in [-0.39, 0.29) is 29.6 Å². The summed E-state index contributed by atoms with van der Waals surface area (Å²) in [5.41, 5.74) is 5.35. The third-order valence-corrected chi connectivity index (χ3v) is 6.33. The van der Waals surface area contributed by atoms with Crippen LogP contribution in [0.3, 0.4) is 0 Å². The second kappa shape index (κ2) is 8.44. The highest BCUT2D eigenvalue weighted by atomic mass is 19.2. The van der Waals surface area contributed by atoms with Crippen LogP contribution in [0.2, 0.25) is 0 Å². The highest BCUT2D eigenvalue weighted by Crippen LogP contribution is 2.37. The van der Waals surface area contributed by atoms with Crippen LogP contribution in [-0.4, -0.2) is 34.3 Å². The van der Waals surface area contributed by atoms with Crippen LogP contribution in [0.5, 0.6) is 0 Å². The molecule has 1 saturated carbocycles. The van der Waals surface area contributed by atoms with Crippen LogP contribution in [0.25, 0.3) is 16.5 Å². The van der Waals surface area contributed by atoms with E-state index in [4.69, 9.17) is 4.84 Å². The van der Waals surface area contributed by atoms with E-state index in [9.17, 15) is 18.4 Å². The smallest absolute Gasteiger partial charge is 0.360 e. The molecule has 1 aromatic heterocycles. The number of fused-ring (bicyclic) bond motifs is 3. The van der Waals surface area contributed by atoms with E-state index >= 15 is 0 Å². The molecule has 0 bridgehead atoms. The summed E-state index contributed by atoms with van der Waals surface area (Å²) >= 11 is 0. The summed E-state index contributed by atoms with van der Waals surface area (Å²) in [6.45, 7) is 2.21. The molecular formula is C25H23F2N3O3. The van der Waals surface area contributed by atoms with E-state index in [0.29, 0.717) is 5.69 Å². The standard InChI is InChI=1S/C25H23F2N3O3/c1-14-12-30(24(31)15-9-10-19(26)20(27)11-15)13-18(25(32)33-29-16-5-4-6-16)23-22(14)17-7-2-3-8-21(17)28-23/h2-3,7-11,13-14,16,28-29H,4-6,12H2,1H3. The van der Waals surface area contributed by atoms with Gasteiger partial charge in [-0.25, -0.2) is 13.6 Å². The number of benzene rings is 2. The minimum absolute atomic E-state index is 0.00641. The zero-order chi connectivity index (χ0) is 23.1. The predicted octanol–water partition coefficient (Wildman–Crippen LogP) is 4.65. The van der Waals surface area contributed by atoms with Gasteiger partial charge in [-0.15, -0.1) is 5.48 Å². The highest BCUT2D eigenvalue weighted by Gasteiger charge is 2.32. The molecule has 1 aliphatic heterocycles. The molecule has 5 rings (SSSR count). The van der Waals surface area contributed by atoms with Crippen molar-refractivity contribution in [3.8, 4) is 0 Å². The SMILES string of the molecule is CC1CN(C(=O)c2ccc(F)c(F)c2)C=C(C(=O)ONC2CCC2)c2[nH]c3ccccc3c21. The molecular weight excluding hydrogens is 428 g/mol. The number of carbonyl (C=O) groups excluding carboxylic acids is 2. The van der Waals surface area contributed by atoms with Crippen LogP contribution in [-0.2, 0) is 9.63 Å². The number of aromatic amines is 1. The van der Waals surface area contributed by atoms with Crippen molar-refractivity contribution in [1.82, 2.24) is 15.4 Å². The average molecular weight is 451 g/mol. The first-order chi connectivity index (χ1) is 15.9. The monoisotopic (exact) mass is 451 g/mol. The first-order valence-corrected chi connectivity index (χ1v) is 11.0. The summed E-state index contributed by atoms with van der Waals surface area (Å²) in [5.74, 6) is -3.43. The Kier molecular flexibility index (Phi) is 5.46. The Morgan fingerprint density at radius 3 is 2.64 bits per heavy atom. The molecule has 6 nitrogen and oxygen atoms in total. The van der Waals surface area contributed by atoms with Crippen molar-refractivity contribution in [2.45, 2.75) is 38.1 Å². The van der Waals surface area contributed by atoms with Gasteiger partial charge in [-0.3, -0.25) is 4.79 Å². The first kappa shape index (κ1) is 21.3. The van der Waals surface area contributed by atoms with Crippen molar-refractivity contribution in [2.75, 3.05) is 6.54 Å². The van der Waals surface area contributed by atoms with Gasteiger partial charge < -0.3 is 14.7 Å². The van der Waals surface area contributed by atoms with Crippen LogP contribution in [0.15, 0.2) is 48.7 Å². The van der Waals surface area contributed by atoms with E-state index in [1.807, 2.05) is 31.2 Å². The average Bonchev–Trinajstić information content (AvgIpc) is 3.09. The molecule has 33 heavy (non-hydrogen) atoms. The largest absolute Gasteiger partial charge is 0.366 e. The lowest BCUT2D eigenvalue weighted by Gasteiger charge is -2.25. The van der Waals surface area contributed by atoms with E-state index in [1.165, 1.54) is 17.2 Å². The van der Waals surface area contributed by atoms with Crippen molar-refractivity contribution < 1.29 is 23.2 Å². The van der Waals surface area contributed by atoms with Gasteiger partial charge in [0.15, 0.2) is 11.6 Å². The molecule has 0 saturated heterocycles. The van der Waals surface area contributed by atoms with Gasteiger partial charge in [-0.2, -0.15) is 0 Å². The van der Waals surface area contributed by atoms with Gasteiger partial charge in [-0.1, -0.05) is 31.5 Å². The second-order valence-electron chi connectivity index (χ2n) is 8.62. The zero-order valence-electron chi connectivity index (χ0n) is 18.0. The van der Waals surface area contributed by atoms with Gasteiger partial charge in [0.1, 0.15) is 5.57 Å². The maximum Gasteiger partial charge on any atom is 0.360 e. The molecule has 2 aliphatic rings. The number of rotatable bonds is 4. The van der Waals surface area contributed by atoms with Gasteiger partial charge >= 0.3 is 5.97 Å². The van der Waals surface area contributed by atoms with E-state index in [0.717, 1.165) is 47.9 Å². The highest BCUT2D eigenvalue weighted by molar-refractivity contribution is 6.18. The Morgan fingerprint density at radius 1 is 1.12 bits per heavy atom. The van der Waals surface area contributed by atoms with E-state index in [1.54, 1.807) is 0 Å². The number of nitrogens with zero attached hydrogens (tertiary/aromatic N) is 1. The lowest BCUT2D eigenvalue weighted by molar-refractivity contribution is -0.146. The van der Waals surface area contributed by atoms with Gasteiger partial charge in [0.05, 0.1) is 5.69 Å². The summed E-state index contributed by atoms with van der Waals surface area (Å²) in [4.78, 5) is 36.4. The van der Waals surface area contributed by atoms with Gasteiger partial charge in [-0.05, 0) is 42.7 Å². The number of carbonyl (C=O) groups is 2. The molecule has 3 aromatic rings. The molecule has 1 aliphatic carbocycles. The number of para-hydroxylation sites is 1. The molecule has 2 heterocycles. The molecule has 1 fully saturated rings. The summed E-state index contributed by atoms with van der Waals surface area (Å²) in [7, 11) is 0. The van der Waals surface area contributed by atoms with E-state index < -0.39 is 23.5 Å². The molecule has 170 valence electrons. The predicted molar refractivity (Wildman–Crippen MR) is 119 cm³/mol. The number of hydroxylamine groups is 1. The van der Waals surface area contributed by atoms with E-state index in [2.05, 4.69) is 10.5 Å². The Morgan fingerprint density at radius 2 is 1.91 bits per heavy atom. The molecule has 1 unspecified atom stereocenters. The van der Waals surface area contributed by atoms with Crippen molar-refractivity contribution in [3.63, 3.8) is 0 Å². The van der Waals surface area contributed by atoms with Crippen LogP contribution in [0.4, 0.5) is 8.78 Å². The number of hydrogen-bond acceptors (Lipinski definition) is 4. The summed E-state index contributed by atoms with van der Waals surface area (Å²) in [5, 5.41) is 0.952. The molecule has 8 heteroatoms. The number of amides is 1. The fraction of sp³-hybridized carbons (Fsp3) is 0.280. The molecule has 2 aromatic carbocycles. The van der Waals surface area contributed by atoms with Gasteiger partial charge in [0, 0.05) is 41.2 Å². The number of H-pyrrole nitrogens is 1. The summed E-state index contributed by atoms with van der Waals surface area (Å²) < 4.78 is 27.2.